The molecule has 0 saturated carbocycles. The molecule has 2 heteroatoms. The molecule has 2 nitrogen and oxygen atoms in total. The van der Waals surface area contributed by atoms with Crippen molar-refractivity contribution in [1.29, 1.82) is 0 Å². The van der Waals surface area contributed by atoms with Gasteiger partial charge < -0.3 is 5.11 Å². The number of unbranched alkanes of at least 4 members (excludes halogenated alkanes) is 6. The summed E-state index contributed by atoms with van der Waals surface area (Å²) in [6.45, 7) is 7.78. The molecular formula is C14H26O2. The van der Waals surface area contributed by atoms with Gasteiger partial charge in [0.2, 0.25) is 0 Å². The van der Waals surface area contributed by atoms with Gasteiger partial charge in [-0.3, -0.25) is 4.79 Å². The van der Waals surface area contributed by atoms with Gasteiger partial charge in [0.05, 0.1) is 5.92 Å². The van der Waals surface area contributed by atoms with E-state index in [4.69, 9.17) is 5.11 Å². The number of aliphatic carboxylic acids is 1. The van der Waals surface area contributed by atoms with Crippen LogP contribution in [0.4, 0.5) is 0 Å². The van der Waals surface area contributed by atoms with E-state index in [-0.39, 0.29) is 5.92 Å². The lowest BCUT2D eigenvalue weighted by atomic mass is 9.97. The molecule has 0 aliphatic rings. The van der Waals surface area contributed by atoms with Gasteiger partial charge in [-0.1, -0.05) is 57.6 Å². The van der Waals surface area contributed by atoms with Crippen molar-refractivity contribution < 1.29 is 9.90 Å². The Morgan fingerprint density at radius 1 is 1.12 bits per heavy atom. The normalized spacial score (nSPS) is 12.4. The van der Waals surface area contributed by atoms with E-state index in [9.17, 15) is 4.79 Å². The molecule has 0 radical (unpaired) electrons. The summed E-state index contributed by atoms with van der Waals surface area (Å²) in [5, 5.41) is 8.79. The van der Waals surface area contributed by atoms with Crippen LogP contribution in [0.2, 0.25) is 0 Å². The van der Waals surface area contributed by atoms with Crippen LogP contribution in [0.25, 0.3) is 0 Å². The lowest BCUT2D eigenvalue weighted by molar-refractivity contribution is -0.139. The maximum absolute atomic E-state index is 10.7. The van der Waals surface area contributed by atoms with Gasteiger partial charge in [0.15, 0.2) is 0 Å². The Hall–Kier alpha value is -0.790. The zero-order chi connectivity index (χ0) is 12.4. The molecule has 1 unspecified atom stereocenters. The van der Waals surface area contributed by atoms with Crippen molar-refractivity contribution in [3.8, 4) is 0 Å². The molecule has 0 aliphatic heterocycles. The van der Waals surface area contributed by atoms with Crippen LogP contribution in [-0.4, -0.2) is 11.1 Å². The molecule has 1 atom stereocenters. The van der Waals surface area contributed by atoms with Gasteiger partial charge in [-0.15, -0.1) is 0 Å². The molecule has 0 rings (SSSR count). The number of carbonyl (C=O) groups is 1. The molecule has 0 spiro atoms. The number of carboxylic acids is 1. The van der Waals surface area contributed by atoms with Crippen LogP contribution < -0.4 is 0 Å². The first-order chi connectivity index (χ1) is 7.59. The number of carboxylic acid groups (broad SMARTS) is 1. The van der Waals surface area contributed by atoms with Gasteiger partial charge in [-0.25, -0.2) is 0 Å². The van der Waals surface area contributed by atoms with Crippen molar-refractivity contribution in [2.24, 2.45) is 5.92 Å². The SMILES string of the molecule is C=C(CCCCCCCCC)C(C)C(=O)O. The smallest absolute Gasteiger partial charge is 0.310 e. The van der Waals surface area contributed by atoms with E-state index < -0.39 is 5.97 Å². The third kappa shape index (κ3) is 7.49. The van der Waals surface area contributed by atoms with E-state index in [1.165, 1.54) is 38.5 Å². The van der Waals surface area contributed by atoms with E-state index >= 15 is 0 Å². The fraction of sp³-hybridized carbons (Fsp3) is 0.786. The highest BCUT2D eigenvalue weighted by atomic mass is 16.4. The average Bonchev–Trinajstić information content (AvgIpc) is 2.26. The Balaban J connectivity index is 3.38. The maximum atomic E-state index is 10.7. The summed E-state index contributed by atoms with van der Waals surface area (Å²) < 4.78 is 0. The fourth-order valence-corrected chi connectivity index (χ4v) is 1.70. The summed E-state index contributed by atoms with van der Waals surface area (Å²) in [5.74, 6) is -1.15. The first-order valence-electron chi connectivity index (χ1n) is 6.50. The minimum atomic E-state index is -0.757. The summed E-state index contributed by atoms with van der Waals surface area (Å²) in [6.07, 6.45) is 9.70. The van der Waals surface area contributed by atoms with Gasteiger partial charge in [0.1, 0.15) is 0 Å². The standard InChI is InChI=1S/C14H26O2/c1-4-5-6-7-8-9-10-11-12(2)13(3)14(15)16/h13H,2,4-11H2,1,3H3,(H,15,16). The second kappa shape index (κ2) is 9.44. The van der Waals surface area contributed by atoms with E-state index in [0.29, 0.717) is 0 Å². The highest BCUT2D eigenvalue weighted by molar-refractivity contribution is 5.72. The van der Waals surface area contributed by atoms with Crippen molar-refractivity contribution >= 4 is 5.97 Å². The third-order valence-electron chi connectivity index (χ3n) is 3.08. The van der Waals surface area contributed by atoms with Gasteiger partial charge in [-0.05, 0) is 19.8 Å². The molecule has 0 aromatic carbocycles. The quantitative estimate of drug-likeness (QED) is 0.442. The fourth-order valence-electron chi connectivity index (χ4n) is 1.70. The molecule has 0 amide bonds. The predicted molar refractivity (Wildman–Crippen MR) is 68.5 cm³/mol. The molecule has 0 bridgehead atoms. The Labute approximate surface area is 99.7 Å². The maximum Gasteiger partial charge on any atom is 0.310 e. The minimum Gasteiger partial charge on any atom is -0.481 e. The highest BCUT2D eigenvalue weighted by Crippen LogP contribution is 2.17. The van der Waals surface area contributed by atoms with Gasteiger partial charge in [0, 0.05) is 0 Å². The lowest BCUT2D eigenvalue weighted by Gasteiger charge is -2.09. The molecule has 0 aromatic rings. The topological polar surface area (TPSA) is 37.3 Å². The minimum absolute atomic E-state index is 0.389. The first kappa shape index (κ1) is 15.2. The summed E-state index contributed by atoms with van der Waals surface area (Å²) in [6, 6.07) is 0. The molecule has 0 saturated heterocycles. The number of rotatable bonds is 10. The molecule has 1 N–H and O–H groups in total. The van der Waals surface area contributed by atoms with E-state index in [1.807, 2.05) is 0 Å². The first-order valence-corrected chi connectivity index (χ1v) is 6.50. The van der Waals surface area contributed by atoms with Crippen molar-refractivity contribution in [1.82, 2.24) is 0 Å². The lowest BCUT2D eigenvalue weighted by Crippen LogP contribution is -2.11. The molecule has 0 fully saturated rings. The van der Waals surface area contributed by atoms with E-state index in [2.05, 4.69) is 13.5 Å². The molecule has 0 aliphatic carbocycles. The Morgan fingerprint density at radius 2 is 1.62 bits per heavy atom. The summed E-state index contributed by atoms with van der Waals surface area (Å²) in [7, 11) is 0. The second-order valence-corrected chi connectivity index (χ2v) is 4.59. The van der Waals surface area contributed by atoms with Crippen LogP contribution in [0.5, 0.6) is 0 Å². The third-order valence-corrected chi connectivity index (χ3v) is 3.08. The van der Waals surface area contributed by atoms with Crippen molar-refractivity contribution in [2.75, 3.05) is 0 Å². The van der Waals surface area contributed by atoms with E-state index in [0.717, 1.165) is 18.4 Å². The molecule has 0 aromatic heterocycles. The summed E-state index contributed by atoms with van der Waals surface area (Å²) >= 11 is 0. The van der Waals surface area contributed by atoms with E-state index in [1.54, 1.807) is 6.92 Å². The monoisotopic (exact) mass is 226 g/mol. The second-order valence-electron chi connectivity index (χ2n) is 4.59. The number of hydrogen-bond acceptors (Lipinski definition) is 1. The van der Waals surface area contributed by atoms with Gasteiger partial charge in [-0.2, -0.15) is 0 Å². The van der Waals surface area contributed by atoms with Gasteiger partial charge >= 0.3 is 5.97 Å². The molecule has 94 valence electrons. The highest BCUT2D eigenvalue weighted by Gasteiger charge is 2.13. The van der Waals surface area contributed by atoms with Crippen LogP contribution >= 0.6 is 0 Å². The summed E-state index contributed by atoms with van der Waals surface area (Å²) in [4.78, 5) is 10.7. The van der Waals surface area contributed by atoms with Gasteiger partial charge in [0.25, 0.3) is 0 Å². The van der Waals surface area contributed by atoms with Crippen LogP contribution in [0.3, 0.4) is 0 Å². The summed E-state index contributed by atoms with van der Waals surface area (Å²) in [5.41, 5.74) is 0.862. The van der Waals surface area contributed by atoms with Crippen molar-refractivity contribution in [3.05, 3.63) is 12.2 Å². The largest absolute Gasteiger partial charge is 0.481 e. The van der Waals surface area contributed by atoms with Crippen molar-refractivity contribution in [3.63, 3.8) is 0 Å². The Morgan fingerprint density at radius 3 is 2.12 bits per heavy atom. The van der Waals surface area contributed by atoms with Crippen molar-refractivity contribution in [2.45, 2.75) is 65.2 Å². The number of hydrogen-bond donors (Lipinski definition) is 1. The Kier molecular flexibility index (Phi) is 8.97. The Bertz CT molecular complexity index is 209. The zero-order valence-electron chi connectivity index (χ0n) is 10.8. The molecule has 0 heterocycles. The predicted octanol–water partition coefficient (Wildman–Crippen LogP) is 4.40. The molecular weight excluding hydrogens is 200 g/mol. The van der Waals surface area contributed by atoms with Crippen LogP contribution in [0.15, 0.2) is 12.2 Å². The van der Waals surface area contributed by atoms with Crippen LogP contribution in [0.1, 0.15) is 65.2 Å². The average molecular weight is 226 g/mol. The van der Waals surface area contributed by atoms with Crippen LogP contribution in [0, 0.1) is 5.92 Å². The van der Waals surface area contributed by atoms with Crippen LogP contribution in [-0.2, 0) is 4.79 Å². The zero-order valence-corrected chi connectivity index (χ0v) is 10.8. The molecule has 16 heavy (non-hydrogen) atoms.